The second-order valence-corrected chi connectivity index (χ2v) is 10.0. The Bertz CT molecular complexity index is 1350. The lowest BCUT2D eigenvalue weighted by Gasteiger charge is -2.11. The molecule has 0 aliphatic heterocycles. The van der Waals surface area contributed by atoms with Crippen LogP contribution in [0.15, 0.2) is 76.3 Å². The van der Waals surface area contributed by atoms with Gasteiger partial charge in [-0.1, -0.05) is 30.3 Å². The molecule has 0 fully saturated rings. The summed E-state index contributed by atoms with van der Waals surface area (Å²) in [5.74, 6) is -0.235. The van der Waals surface area contributed by atoms with Crippen molar-refractivity contribution in [1.29, 1.82) is 0 Å². The van der Waals surface area contributed by atoms with Gasteiger partial charge in [-0.25, -0.2) is 8.42 Å². The van der Waals surface area contributed by atoms with Crippen LogP contribution in [0.1, 0.15) is 21.5 Å². The predicted molar refractivity (Wildman–Crippen MR) is 121 cm³/mol. The number of aryl methyl sites for hydroxylation is 2. The first-order valence-corrected chi connectivity index (χ1v) is 11.9. The molecule has 7 heteroatoms. The van der Waals surface area contributed by atoms with Gasteiger partial charge in [0.25, 0.3) is 15.9 Å². The third-order valence-electron chi connectivity index (χ3n) is 5.28. The van der Waals surface area contributed by atoms with Crippen molar-refractivity contribution in [1.82, 2.24) is 0 Å². The number of carbonyl (C=O) groups excluding carboxylic acids is 1. The largest absolute Gasteiger partial charge is 0.321 e. The number of anilines is 2. The van der Waals surface area contributed by atoms with E-state index in [0.717, 1.165) is 35.3 Å². The summed E-state index contributed by atoms with van der Waals surface area (Å²) in [6.07, 6.45) is 2.07. The van der Waals surface area contributed by atoms with Gasteiger partial charge >= 0.3 is 0 Å². The fourth-order valence-corrected chi connectivity index (χ4v) is 5.91. The van der Waals surface area contributed by atoms with E-state index in [4.69, 9.17) is 0 Å². The average Bonchev–Trinajstić information content (AvgIpc) is 3.42. The van der Waals surface area contributed by atoms with Gasteiger partial charge in [0.15, 0.2) is 0 Å². The standard InChI is InChI=1S/C23H18N2O3S2/c26-23(24-20-13-10-16-7-6-15-3-1-4-19(20)22(15)16)17-8-11-18(12-9-17)25-30(27,28)21-5-2-14-29-21/h1-5,8-14,25H,6-7H2,(H,24,26). The number of hydrogen-bond acceptors (Lipinski definition) is 4. The zero-order chi connectivity index (χ0) is 20.7. The van der Waals surface area contributed by atoms with E-state index in [0.29, 0.717) is 11.3 Å². The Balaban J connectivity index is 1.36. The maximum Gasteiger partial charge on any atom is 0.271 e. The van der Waals surface area contributed by atoms with Crippen LogP contribution in [0.3, 0.4) is 0 Å². The fourth-order valence-electron chi connectivity index (χ4n) is 3.86. The first-order valence-electron chi connectivity index (χ1n) is 9.52. The van der Waals surface area contributed by atoms with Crippen LogP contribution in [-0.4, -0.2) is 14.3 Å². The second kappa shape index (κ2) is 7.27. The number of hydrogen-bond donors (Lipinski definition) is 2. The molecule has 0 atom stereocenters. The number of rotatable bonds is 5. The van der Waals surface area contributed by atoms with Crippen molar-refractivity contribution in [3.05, 3.63) is 88.8 Å². The van der Waals surface area contributed by atoms with Crippen molar-refractivity contribution >= 4 is 49.4 Å². The van der Waals surface area contributed by atoms with Crippen LogP contribution in [0.25, 0.3) is 10.8 Å². The Hall–Kier alpha value is -3.16. The fraction of sp³-hybridized carbons (Fsp3) is 0.0870. The molecule has 1 aliphatic rings. The third-order valence-corrected chi connectivity index (χ3v) is 8.06. The Morgan fingerprint density at radius 3 is 2.37 bits per heavy atom. The quantitative estimate of drug-likeness (QED) is 0.461. The monoisotopic (exact) mass is 434 g/mol. The molecular weight excluding hydrogens is 416 g/mol. The highest BCUT2D eigenvalue weighted by atomic mass is 32.2. The van der Waals surface area contributed by atoms with E-state index in [9.17, 15) is 13.2 Å². The van der Waals surface area contributed by atoms with Gasteiger partial charge in [-0.15, -0.1) is 11.3 Å². The molecule has 0 bridgehead atoms. The first-order chi connectivity index (χ1) is 14.5. The molecule has 4 aromatic rings. The van der Waals surface area contributed by atoms with Crippen LogP contribution in [0, 0.1) is 0 Å². The zero-order valence-corrected chi connectivity index (χ0v) is 17.5. The van der Waals surface area contributed by atoms with E-state index < -0.39 is 10.0 Å². The molecule has 0 radical (unpaired) electrons. The summed E-state index contributed by atoms with van der Waals surface area (Å²) >= 11 is 1.15. The van der Waals surface area contributed by atoms with Crippen molar-refractivity contribution in [3.63, 3.8) is 0 Å². The summed E-state index contributed by atoms with van der Waals surface area (Å²) in [6.45, 7) is 0. The minimum Gasteiger partial charge on any atom is -0.321 e. The Labute approximate surface area is 178 Å². The lowest BCUT2D eigenvalue weighted by Crippen LogP contribution is -2.13. The van der Waals surface area contributed by atoms with Crippen LogP contribution in [0.4, 0.5) is 11.4 Å². The van der Waals surface area contributed by atoms with E-state index in [2.05, 4.69) is 22.2 Å². The van der Waals surface area contributed by atoms with E-state index in [1.54, 1.807) is 41.8 Å². The summed E-state index contributed by atoms with van der Waals surface area (Å²) in [7, 11) is -3.61. The number of carbonyl (C=O) groups is 1. The molecule has 3 aromatic carbocycles. The van der Waals surface area contributed by atoms with Gasteiger partial charge in [0.2, 0.25) is 0 Å². The minimum absolute atomic E-state index is 0.235. The summed E-state index contributed by atoms with van der Waals surface area (Å²) in [5, 5.41) is 7.00. The normalized spacial score (nSPS) is 12.8. The SMILES string of the molecule is O=C(Nc1ccc2c3c(cccc13)CC2)c1ccc(NS(=O)(=O)c2cccs2)cc1. The van der Waals surface area contributed by atoms with Crippen LogP contribution >= 0.6 is 11.3 Å². The molecule has 1 amide bonds. The van der Waals surface area contributed by atoms with E-state index >= 15 is 0 Å². The van der Waals surface area contributed by atoms with Crippen LogP contribution in [-0.2, 0) is 22.9 Å². The van der Waals surface area contributed by atoms with Gasteiger partial charge in [0.1, 0.15) is 4.21 Å². The molecule has 5 nitrogen and oxygen atoms in total. The minimum atomic E-state index is -3.61. The average molecular weight is 435 g/mol. The molecule has 1 heterocycles. The maximum atomic E-state index is 12.8. The molecule has 0 unspecified atom stereocenters. The van der Waals surface area contributed by atoms with Gasteiger partial charge in [-0.05, 0) is 71.1 Å². The van der Waals surface area contributed by atoms with Crippen molar-refractivity contribution < 1.29 is 13.2 Å². The van der Waals surface area contributed by atoms with Gasteiger partial charge < -0.3 is 5.32 Å². The lowest BCUT2D eigenvalue weighted by molar-refractivity contribution is 0.102. The van der Waals surface area contributed by atoms with Crippen LogP contribution in [0.2, 0.25) is 0 Å². The van der Waals surface area contributed by atoms with Gasteiger partial charge in [0, 0.05) is 22.3 Å². The lowest BCUT2D eigenvalue weighted by atomic mass is 10.0. The van der Waals surface area contributed by atoms with Gasteiger partial charge in [-0.3, -0.25) is 9.52 Å². The van der Waals surface area contributed by atoms with E-state index in [1.165, 1.54) is 16.5 Å². The van der Waals surface area contributed by atoms with Crippen molar-refractivity contribution in [2.75, 3.05) is 10.0 Å². The highest BCUT2D eigenvalue weighted by molar-refractivity contribution is 7.94. The summed E-state index contributed by atoms with van der Waals surface area (Å²) < 4.78 is 27.4. The highest BCUT2D eigenvalue weighted by Gasteiger charge is 2.18. The Kier molecular flexibility index (Phi) is 4.56. The molecule has 1 aliphatic carbocycles. The highest BCUT2D eigenvalue weighted by Crippen LogP contribution is 2.35. The number of benzene rings is 3. The topological polar surface area (TPSA) is 75.3 Å². The Morgan fingerprint density at radius 2 is 1.63 bits per heavy atom. The second-order valence-electron chi connectivity index (χ2n) is 7.18. The van der Waals surface area contributed by atoms with E-state index in [-0.39, 0.29) is 10.1 Å². The van der Waals surface area contributed by atoms with Gasteiger partial charge in [-0.2, -0.15) is 0 Å². The number of amides is 1. The first kappa shape index (κ1) is 18.8. The summed E-state index contributed by atoms with van der Waals surface area (Å²) in [4.78, 5) is 12.8. The molecule has 0 saturated carbocycles. The summed E-state index contributed by atoms with van der Waals surface area (Å²) in [5.41, 5.74) is 4.29. The van der Waals surface area contributed by atoms with Gasteiger partial charge in [0.05, 0.1) is 0 Å². The summed E-state index contributed by atoms with van der Waals surface area (Å²) in [6, 6.07) is 19.9. The van der Waals surface area contributed by atoms with Crippen molar-refractivity contribution in [2.24, 2.45) is 0 Å². The van der Waals surface area contributed by atoms with Crippen molar-refractivity contribution in [2.45, 2.75) is 17.1 Å². The molecule has 2 N–H and O–H groups in total. The third kappa shape index (κ3) is 3.36. The van der Waals surface area contributed by atoms with E-state index in [1.807, 2.05) is 18.2 Å². The zero-order valence-electron chi connectivity index (χ0n) is 15.9. The molecular formula is C23H18N2O3S2. The maximum absolute atomic E-state index is 12.8. The molecule has 5 rings (SSSR count). The molecule has 0 spiro atoms. The number of nitrogens with one attached hydrogen (secondary N) is 2. The number of sulfonamides is 1. The molecule has 1 aromatic heterocycles. The molecule has 0 saturated heterocycles. The van der Waals surface area contributed by atoms with Crippen LogP contribution < -0.4 is 10.0 Å². The molecule has 30 heavy (non-hydrogen) atoms. The Morgan fingerprint density at radius 1 is 0.867 bits per heavy atom. The molecule has 150 valence electrons. The van der Waals surface area contributed by atoms with Crippen LogP contribution in [0.5, 0.6) is 0 Å². The predicted octanol–water partition coefficient (Wildman–Crippen LogP) is 5.05. The van der Waals surface area contributed by atoms with Crippen molar-refractivity contribution in [3.8, 4) is 0 Å². The number of thiophene rings is 1. The smallest absolute Gasteiger partial charge is 0.271 e.